The summed E-state index contributed by atoms with van der Waals surface area (Å²) in [7, 11) is 0. The monoisotopic (exact) mass is 348 g/mol. The number of hydrogen-bond donors (Lipinski definition) is 6. The predicted molar refractivity (Wildman–Crippen MR) is 93.6 cm³/mol. The van der Waals surface area contributed by atoms with E-state index in [1.807, 2.05) is 13.8 Å². The van der Waals surface area contributed by atoms with Crippen LogP contribution in [0.15, 0.2) is 0 Å². The molecule has 0 radical (unpaired) electrons. The molecule has 0 saturated heterocycles. The van der Waals surface area contributed by atoms with Crippen LogP contribution in [0.3, 0.4) is 0 Å². The van der Waals surface area contributed by atoms with E-state index in [1.165, 1.54) is 0 Å². The van der Waals surface area contributed by atoms with Gasteiger partial charge in [0, 0.05) is 25.9 Å². The Morgan fingerprint density at radius 2 is 1.09 bits per heavy atom. The highest BCUT2D eigenvalue weighted by atomic mass is 32.1. The Balaban J connectivity index is 3.58. The van der Waals surface area contributed by atoms with Crippen molar-refractivity contribution in [3.8, 4) is 0 Å². The van der Waals surface area contributed by atoms with Gasteiger partial charge in [0.25, 0.3) is 0 Å². The van der Waals surface area contributed by atoms with E-state index in [4.69, 9.17) is 24.4 Å². The lowest BCUT2D eigenvalue weighted by molar-refractivity contribution is -0.123. The second kappa shape index (κ2) is 13.0. The summed E-state index contributed by atoms with van der Waals surface area (Å²) in [5.74, 6) is -0.348. The molecule has 0 aliphatic heterocycles. The van der Waals surface area contributed by atoms with Crippen molar-refractivity contribution in [1.82, 2.24) is 32.3 Å². The first kappa shape index (κ1) is 20.3. The number of nitrogens with one attached hydrogen (secondary N) is 6. The van der Waals surface area contributed by atoms with Crippen molar-refractivity contribution >= 4 is 46.5 Å². The quantitative estimate of drug-likeness (QED) is 0.209. The van der Waals surface area contributed by atoms with Crippen LogP contribution in [0.2, 0.25) is 0 Å². The third kappa shape index (κ3) is 12.1. The Labute approximate surface area is 141 Å². The average molecular weight is 348 g/mol. The van der Waals surface area contributed by atoms with Gasteiger partial charge >= 0.3 is 0 Å². The molecule has 0 aliphatic carbocycles. The number of rotatable bonds is 7. The first-order chi connectivity index (χ1) is 10.5. The second-order valence-electron chi connectivity index (χ2n) is 4.27. The van der Waals surface area contributed by atoms with Crippen molar-refractivity contribution in [3.63, 3.8) is 0 Å². The zero-order valence-electron chi connectivity index (χ0n) is 12.9. The molecule has 0 aliphatic rings. The van der Waals surface area contributed by atoms with Gasteiger partial charge in [0.2, 0.25) is 11.8 Å². The number of amides is 2. The van der Waals surface area contributed by atoms with Gasteiger partial charge < -0.3 is 10.6 Å². The van der Waals surface area contributed by atoms with Gasteiger partial charge in [-0.25, -0.2) is 0 Å². The summed E-state index contributed by atoms with van der Waals surface area (Å²) < 4.78 is 0. The zero-order chi connectivity index (χ0) is 16.8. The topological polar surface area (TPSA) is 106 Å². The summed E-state index contributed by atoms with van der Waals surface area (Å²) in [6.45, 7) is 5.17. The highest BCUT2D eigenvalue weighted by molar-refractivity contribution is 7.80. The third-order valence-corrected chi connectivity index (χ3v) is 2.86. The van der Waals surface area contributed by atoms with Gasteiger partial charge in [-0.1, -0.05) is 0 Å². The van der Waals surface area contributed by atoms with Crippen LogP contribution in [-0.4, -0.2) is 35.1 Å². The molecule has 0 spiro atoms. The van der Waals surface area contributed by atoms with E-state index in [2.05, 4.69) is 32.3 Å². The van der Waals surface area contributed by atoms with E-state index in [-0.39, 0.29) is 11.8 Å². The van der Waals surface area contributed by atoms with E-state index in [1.54, 1.807) is 0 Å². The minimum absolute atomic E-state index is 0.174. The minimum Gasteiger partial charge on any atom is -0.362 e. The SMILES string of the molecule is CCNC(=S)NNC(=O)CCCCC(=O)NNC(=S)NCC. The van der Waals surface area contributed by atoms with Gasteiger partial charge in [0.05, 0.1) is 0 Å². The molecule has 0 fully saturated rings. The molecule has 2 amide bonds. The van der Waals surface area contributed by atoms with Crippen LogP contribution in [0.4, 0.5) is 0 Å². The average Bonchev–Trinajstić information content (AvgIpc) is 2.48. The molecule has 6 N–H and O–H groups in total. The van der Waals surface area contributed by atoms with Crippen molar-refractivity contribution in [2.45, 2.75) is 39.5 Å². The number of carbonyl (C=O) groups excluding carboxylic acids is 2. The summed E-state index contributed by atoms with van der Waals surface area (Å²) in [5, 5.41) is 6.44. The highest BCUT2D eigenvalue weighted by Crippen LogP contribution is 1.99. The number of hydrogen-bond acceptors (Lipinski definition) is 4. The van der Waals surface area contributed by atoms with Crippen LogP contribution in [-0.2, 0) is 9.59 Å². The van der Waals surface area contributed by atoms with Gasteiger partial charge in [-0.3, -0.25) is 31.3 Å². The lowest BCUT2D eigenvalue weighted by atomic mass is 10.2. The Morgan fingerprint density at radius 3 is 1.41 bits per heavy atom. The molecule has 8 nitrogen and oxygen atoms in total. The lowest BCUT2D eigenvalue weighted by Gasteiger charge is -2.10. The van der Waals surface area contributed by atoms with Crippen LogP contribution in [0.1, 0.15) is 39.5 Å². The fourth-order valence-corrected chi connectivity index (χ4v) is 1.75. The van der Waals surface area contributed by atoms with Crippen molar-refractivity contribution in [2.75, 3.05) is 13.1 Å². The molecule has 10 heteroatoms. The van der Waals surface area contributed by atoms with E-state index < -0.39 is 0 Å². The van der Waals surface area contributed by atoms with E-state index >= 15 is 0 Å². The maximum atomic E-state index is 11.5. The number of carbonyl (C=O) groups is 2. The first-order valence-corrected chi connectivity index (χ1v) is 7.96. The van der Waals surface area contributed by atoms with Gasteiger partial charge in [-0.2, -0.15) is 0 Å². The predicted octanol–water partition coefficient (Wildman–Crippen LogP) is -0.423. The molecule has 0 heterocycles. The fraction of sp³-hybridized carbons (Fsp3) is 0.667. The molecule has 0 atom stereocenters. The molecule has 0 saturated carbocycles. The van der Waals surface area contributed by atoms with E-state index in [0.717, 1.165) is 0 Å². The van der Waals surface area contributed by atoms with E-state index in [9.17, 15) is 9.59 Å². The summed E-state index contributed by atoms with van der Waals surface area (Å²) >= 11 is 9.79. The van der Waals surface area contributed by atoms with Crippen molar-refractivity contribution in [1.29, 1.82) is 0 Å². The maximum Gasteiger partial charge on any atom is 0.238 e. The van der Waals surface area contributed by atoms with Gasteiger partial charge in [-0.15, -0.1) is 0 Å². The summed E-state index contributed by atoms with van der Waals surface area (Å²) in [5.41, 5.74) is 10.1. The maximum absolute atomic E-state index is 11.5. The molecular formula is C12H24N6O2S2. The Hall–Kier alpha value is -1.68. The molecule has 0 aromatic carbocycles. The normalized spacial score (nSPS) is 9.36. The van der Waals surface area contributed by atoms with E-state index in [0.29, 0.717) is 49.0 Å². The Morgan fingerprint density at radius 1 is 0.727 bits per heavy atom. The van der Waals surface area contributed by atoms with Crippen LogP contribution in [0.5, 0.6) is 0 Å². The molecular weight excluding hydrogens is 324 g/mol. The minimum atomic E-state index is -0.174. The summed E-state index contributed by atoms with van der Waals surface area (Å²) in [6.07, 6.45) is 1.84. The third-order valence-electron chi connectivity index (χ3n) is 2.36. The molecule has 0 bridgehead atoms. The molecule has 126 valence electrons. The smallest absolute Gasteiger partial charge is 0.238 e. The van der Waals surface area contributed by atoms with Gasteiger partial charge in [0.1, 0.15) is 0 Å². The van der Waals surface area contributed by atoms with Crippen molar-refractivity contribution < 1.29 is 9.59 Å². The Kier molecular flexibility index (Phi) is 12.0. The van der Waals surface area contributed by atoms with Crippen LogP contribution >= 0.6 is 24.4 Å². The first-order valence-electron chi connectivity index (χ1n) is 7.14. The zero-order valence-corrected chi connectivity index (χ0v) is 14.5. The molecule has 22 heavy (non-hydrogen) atoms. The number of hydrazine groups is 2. The lowest BCUT2D eigenvalue weighted by Crippen LogP contribution is -2.46. The second-order valence-corrected chi connectivity index (χ2v) is 5.09. The largest absolute Gasteiger partial charge is 0.362 e. The summed E-state index contributed by atoms with van der Waals surface area (Å²) in [6, 6.07) is 0. The number of unbranched alkanes of at least 4 members (excludes halogenated alkanes) is 1. The highest BCUT2D eigenvalue weighted by Gasteiger charge is 2.04. The van der Waals surface area contributed by atoms with Gasteiger partial charge in [-0.05, 0) is 51.1 Å². The van der Waals surface area contributed by atoms with Crippen molar-refractivity contribution in [3.05, 3.63) is 0 Å². The number of thiocarbonyl (C=S) groups is 2. The molecule has 0 unspecified atom stereocenters. The van der Waals surface area contributed by atoms with Crippen LogP contribution in [0.25, 0.3) is 0 Å². The van der Waals surface area contributed by atoms with Crippen molar-refractivity contribution in [2.24, 2.45) is 0 Å². The molecule has 0 rings (SSSR count). The molecule has 0 aromatic rings. The van der Waals surface area contributed by atoms with Gasteiger partial charge in [0.15, 0.2) is 10.2 Å². The Bertz CT molecular complexity index is 356. The van der Waals surface area contributed by atoms with Crippen LogP contribution in [0, 0.1) is 0 Å². The standard InChI is InChI=1S/C12H24N6O2S2/c1-3-13-11(21)17-15-9(19)7-5-6-8-10(20)16-18-12(22)14-4-2/h3-8H2,1-2H3,(H,15,19)(H,16,20)(H2,13,17,21)(H2,14,18,22). The van der Waals surface area contributed by atoms with Crippen LogP contribution < -0.4 is 32.3 Å². The fourth-order valence-electron chi connectivity index (χ4n) is 1.36. The molecule has 0 aromatic heterocycles. The summed E-state index contributed by atoms with van der Waals surface area (Å²) in [4.78, 5) is 23.0.